The van der Waals surface area contributed by atoms with Crippen LogP contribution in [-0.2, 0) is 6.54 Å². The second-order valence-electron chi connectivity index (χ2n) is 5.13. The van der Waals surface area contributed by atoms with Crippen molar-refractivity contribution in [3.8, 4) is 0 Å². The largest absolute Gasteiger partial charge is 0.310 e. The Morgan fingerprint density at radius 3 is 2.06 bits per heavy atom. The molecule has 0 heterocycles. The van der Waals surface area contributed by atoms with E-state index in [2.05, 4.69) is 19.2 Å². The first-order valence-electron chi connectivity index (χ1n) is 6.27. The minimum atomic E-state index is -1.41. The molecule has 0 bridgehead atoms. The summed E-state index contributed by atoms with van der Waals surface area (Å²) in [7, 11) is 0. The van der Waals surface area contributed by atoms with Gasteiger partial charge in [-0.3, -0.25) is 0 Å². The third-order valence-electron chi connectivity index (χ3n) is 2.88. The molecule has 4 heteroatoms. The zero-order valence-electron chi connectivity index (χ0n) is 11.1. The summed E-state index contributed by atoms with van der Waals surface area (Å²) in [5.74, 6) is -3.05. The summed E-state index contributed by atoms with van der Waals surface area (Å²) >= 11 is 0. The fourth-order valence-electron chi connectivity index (χ4n) is 1.69. The van der Waals surface area contributed by atoms with Gasteiger partial charge >= 0.3 is 0 Å². The molecule has 1 aromatic rings. The molecule has 0 amide bonds. The van der Waals surface area contributed by atoms with Crippen molar-refractivity contribution in [3.05, 3.63) is 35.1 Å². The summed E-state index contributed by atoms with van der Waals surface area (Å²) in [4.78, 5) is 0. The van der Waals surface area contributed by atoms with Crippen LogP contribution < -0.4 is 5.32 Å². The van der Waals surface area contributed by atoms with Crippen LogP contribution in [0.2, 0.25) is 0 Å². The van der Waals surface area contributed by atoms with Crippen LogP contribution in [0.5, 0.6) is 0 Å². The zero-order valence-corrected chi connectivity index (χ0v) is 11.1. The Kier molecular flexibility index (Phi) is 5.66. The fourth-order valence-corrected chi connectivity index (χ4v) is 1.69. The first-order valence-corrected chi connectivity index (χ1v) is 6.27. The van der Waals surface area contributed by atoms with Crippen LogP contribution in [0.15, 0.2) is 12.1 Å². The third kappa shape index (κ3) is 4.69. The Morgan fingerprint density at radius 2 is 1.56 bits per heavy atom. The number of halogens is 3. The van der Waals surface area contributed by atoms with E-state index in [1.54, 1.807) is 0 Å². The van der Waals surface area contributed by atoms with Crippen LogP contribution >= 0.6 is 0 Å². The van der Waals surface area contributed by atoms with Gasteiger partial charge in [0.25, 0.3) is 0 Å². The molecule has 0 radical (unpaired) electrons. The van der Waals surface area contributed by atoms with E-state index in [-0.39, 0.29) is 6.04 Å². The molecule has 1 unspecified atom stereocenters. The van der Waals surface area contributed by atoms with Gasteiger partial charge in [0.2, 0.25) is 0 Å². The standard InChI is InChI=1S/C14H20F3N/c1-9(2)4-5-10(3)18-8-11-6-12(15)14(17)13(16)7-11/h6-7,9-10,18H,4-5,8H2,1-3H3. The van der Waals surface area contributed by atoms with Crippen LogP contribution in [0.1, 0.15) is 39.2 Å². The van der Waals surface area contributed by atoms with E-state index in [1.165, 1.54) is 0 Å². The number of hydrogen-bond donors (Lipinski definition) is 1. The number of hydrogen-bond acceptors (Lipinski definition) is 1. The molecule has 0 saturated carbocycles. The minimum absolute atomic E-state index is 0.267. The van der Waals surface area contributed by atoms with E-state index >= 15 is 0 Å². The highest BCUT2D eigenvalue weighted by molar-refractivity contribution is 5.19. The van der Waals surface area contributed by atoms with E-state index in [4.69, 9.17) is 0 Å². The smallest absolute Gasteiger partial charge is 0.194 e. The maximum absolute atomic E-state index is 13.0. The Labute approximate surface area is 106 Å². The lowest BCUT2D eigenvalue weighted by Gasteiger charge is -2.15. The normalized spacial score (nSPS) is 13.1. The van der Waals surface area contributed by atoms with Gasteiger partial charge < -0.3 is 5.32 Å². The van der Waals surface area contributed by atoms with Crippen molar-refractivity contribution in [2.45, 2.75) is 46.2 Å². The predicted octanol–water partition coefficient (Wildman–Crippen LogP) is 4.02. The van der Waals surface area contributed by atoms with Crippen molar-refractivity contribution in [3.63, 3.8) is 0 Å². The molecule has 0 saturated heterocycles. The maximum Gasteiger partial charge on any atom is 0.194 e. The van der Waals surface area contributed by atoms with Crippen molar-refractivity contribution < 1.29 is 13.2 Å². The molecule has 0 spiro atoms. The molecule has 0 aliphatic carbocycles. The molecule has 0 aliphatic rings. The number of nitrogens with one attached hydrogen (secondary N) is 1. The lowest BCUT2D eigenvalue weighted by atomic mass is 10.0. The van der Waals surface area contributed by atoms with E-state index in [1.807, 2.05) is 6.92 Å². The Morgan fingerprint density at radius 1 is 1.00 bits per heavy atom. The highest BCUT2D eigenvalue weighted by Crippen LogP contribution is 2.14. The van der Waals surface area contributed by atoms with Gasteiger partial charge in [0.15, 0.2) is 17.5 Å². The van der Waals surface area contributed by atoms with Crippen molar-refractivity contribution in [1.29, 1.82) is 0 Å². The Balaban J connectivity index is 2.48. The van der Waals surface area contributed by atoms with Crippen LogP contribution in [-0.4, -0.2) is 6.04 Å². The molecule has 0 aliphatic heterocycles. The third-order valence-corrected chi connectivity index (χ3v) is 2.88. The second kappa shape index (κ2) is 6.78. The summed E-state index contributed by atoms with van der Waals surface area (Å²) < 4.78 is 38.7. The molecule has 1 atom stereocenters. The van der Waals surface area contributed by atoms with Gasteiger partial charge in [0.05, 0.1) is 0 Å². The van der Waals surface area contributed by atoms with Gasteiger partial charge in [-0.05, 0) is 43.4 Å². The molecule has 102 valence electrons. The minimum Gasteiger partial charge on any atom is -0.310 e. The van der Waals surface area contributed by atoms with Gasteiger partial charge in [-0.25, -0.2) is 13.2 Å². The number of rotatable bonds is 6. The summed E-state index contributed by atoms with van der Waals surface area (Å²) in [5.41, 5.74) is 0.419. The molecular formula is C14H20F3N. The quantitative estimate of drug-likeness (QED) is 0.761. The van der Waals surface area contributed by atoms with Crippen LogP contribution in [0.25, 0.3) is 0 Å². The maximum atomic E-state index is 13.0. The Bertz CT molecular complexity index is 368. The van der Waals surface area contributed by atoms with E-state index in [0.717, 1.165) is 25.0 Å². The summed E-state index contributed by atoms with van der Waals surface area (Å²) in [5, 5.41) is 3.17. The number of benzene rings is 1. The van der Waals surface area contributed by atoms with Gasteiger partial charge in [-0.2, -0.15) is 0 Å². The van der Waals surface area contributed by atoms with Crippen molar-refractivity contribution in [2.24, 2.45) is 5.92 Å². The highest BCUT2D eigenvalue weighted by atomic mass is 19.2. The van der Waals surface area contributed by atoms with Crippen LogP contribution in [0, 0.1) is 23.4 Å². The monoisotopic (exact) mass is 259 g/mol. The van der Waals surface area contributed by atoms with E-state index in [0.29, 0.717) is 18.0 Å². The molecule has 1 nitrogen and oxygen atoms in total. The fraction of sp³-hybridized carbons (Fsp3) is 0.571. The molecule has 1 N–H and O–H groups in total. The highest BCUT2D eigenvalue weighted by Gasteiger charge is 2.11. The topological polar surface area (TPSA) is 12.0 Å². The SMILES string of the molecule is CC(C)CCC(C)NCc1cc(F)c(F)c(F)c1. The average Bonchev–Trinajstić information content (AvgIpc) is 2.30. The van der Waals surface area contributed by atoms with Crippen molar-refractivity contribution in [2.75, 3.05) is 0 Å². The van der Waals surface area contributed by atoms with E-state index < -0.39 is 17.5 Å². The molecule has 0 aromatic heterocycles. The lowest BCUT2D eigenvalue weighted by Crippen LogP contribution is -2.26. The second-order valence-corrected chi connectivity index (χ2v) is 5.13. The summed E-state index contributed by atoms with van der Waals surface area (Å²) in [6.07, 6.45) is 2.10. The van der Waals surface area contributed by atoms with Crippen molar-refractivity contribution >= 4 is 0 Å². The molecule has 1 rings (SSSR count). The Hall–Kier alpha value is -1.03. The van der Waals surface area contributed by atoms with Gasteiger partial charge in [0.1, 0.15) is 0 Å². The summed E-state index contributed by atoms with van der Waals surface area (Å²) in [6, 6.07) is 2.32. The lowest BCUT2D eigenvalue weighted by molar-refractivity contribution is 0.435. The van der Waals surface area contributed by atoms with Crippen LogP contribution in [0.3, 0.4) is 0 Å². The van der Waals surface area contributed by atoms with Crippen molar-refractivity contribution in [1.82, 2.24) is 5.32 Å². The first kappa shape index (κ1) is 15.0. The molecular weight excluding hydrogens is 239 g/mol. The molecule has 0 fully saturated rings. The first-order chi connectivity index (χ1) is 8.40. The van der Waals surface area contributed by atoms with E-state index in [9.17, 15) is 13.2 Å². The molecule has 18 heavy (non-hydrogen) atoms. The van der Waals surface area contributed by atoms with Gasteiger partial charge in [-0.15, -0.1) is 0 Å². The van der Waals surface area contributed by atoms with Gasteiger partial charge in [-0.1, -0.05) is 13.8 Å². The average molecular weight is 259 g/mol. The molecule has 1 aromatic carbocycles. The van der Waals surface area contributed by atoms with Crippen LogP contribution in [0.4, 0.5) is 13.2 Å². The zero-order chi connectivity index (χ0) is 13.7. The summed E-state index contributed by atoms with van der Waals surface area (Å²) in [6.45, 7) is 6.67. The predicted molar refractivity (Wildman–Crippen MR) is 66.7 cm³/mol. The van der Waals surface area contributed by atoms with Gasteiger partial charge in [0, 0.05) is 12.6 Å².